The number of fused-ring (bicyclic) bond motifs is 1. The fourth-order valence-corrected chi connectivity index (χ4v) is 2.88. The van der Waals surface area contributed by atoms with Gasteiger partial charge < -0.3 is 10.6 Å². The van der Waals surface area contributed by atoms with Crippen LogP contribution in [0.15, 0.2) is 48.8 Å². The molecule has 3 heterocycles. The van der Waals surface area contributed by atoms with Gasteiger partial charge in [0, 0.05) is 42.2 Å². The fraction of sp³-hybridized carbons (Fsp3) is 0.158. The number of aromatic nitrogens is 3. The van der Waals surface area contributed by atoms with Crippen LogP contribution < -0.4 is 10.6 Å². The smallest absolute Gasteiger partial charge is 0.270 e. The van der Waals surface area contributed by atoms with Crippen LogP contribution in [0.5, 0.6) is 0 Å². The molecule has 0 atom stereocenters. The summed E-state index contributed by atoms with van der Waals surface area (Å²) >= 11 is 0. The van der Waals surface area contributed by atoms with E-state index >= 15 is 0 Å². The summed E-state index contributed by atoms with van der Waals surface area (Å²) in [5, 5.41) is 5.96. The van der Waals surface area contributed by atoms with Gasteiger partial charge in [0.1, 0.15) is 17.3 Å². The predicted octanol–water partition coefficient (Wildman–Crippen LogP) is 2.58. The molecular weight excluding hydrogens is 333 g/mol. The zero-order valence-electron chi connectivity index (χ0n) is 13.9. The summed E-state index contributed by atoms with van der Waals surface area (Å²) < 4.78 is 13.9. The average Bonchev–Trinajstić information content (AvgIpc) is 2.68. The van der Waals surface area contributed by atoms with Gasteiger partial charge in [-0.2, -0.15) is 0 Å². The highest BCUT2D eigenvalue weighted by Crippen LogP contribution is 2.25. The van der Waals surface area contributed by atoms with Crippen molar-refractivity contribution < 1.29 is 9.18 Å². The number of hydrogen-bond donors (Lipinski definition) is 2. The van der Waals surface area contributed by atoms with Crippen molar-refractivity contribution in [3.63, 3.8) is 0 Å². The van der Waals surface area contributed by atoms with Crippen molar-refractivity contribution in [2.24, 2.45) is 0 Å². The molecule has 0 radical (unpaired) electrons. The summed E-state index contributed by atoms with van der Waals surface area (Å²) in [7, 11) is 0. The molecular formula is C19H16FN5O. The second-order valence-corrected chi connectivity index (χ2v) is 5.92. The largest absolute Gasteiger partial charge is 0.366 e. The van der Waals surface area contributed by atoms with Gasteiger partial charge in [0.05, 0.1) is 0 Å². The number of benzene rings is 1. The van der Waals surface area contributed by atoms with Gasteiger partial charge in [-0.25, -0.2) is 14.4 Å². The Kier molecular flexibility index (Phi) is 4.27. The minimum absolute atomic E-state index is 0.229. The molecule has 1 aliphatic heterocycles. The quantitative estimate of drug-likeness (QED) is 0.757. The monoisotopic (exact) mass is 349 g/mol. The third-order valence-electron chi connectivity index (χ3n) is 4.21. The lowest BCUT2D eigenvalue weighted by Gasteiger charge is -2.20. The third kappa shape index (κ3) is 3.11. The molecule has 0 fully saturated rings. The van der Waals surface area contributed by atoms with Crippen LogP contribution in [0, 0.1) is 5.82 Å². The van der Waals surface area contributed by atoms with Crippen molar-refractivity contribution in [1.82, 2.24) is 20.3 Å². The zero-order valence-corrected chi connectivity index (χ0v) is 13.9. The number of carbonyl (C=O) groups excluding carboxylic acids is 1. The standard InChI is InChI=1S/C19H16FN5O/c20-15-6-2-1-4-12(15)11-23-18-14-7-9-22-19(26)16(14)24-17(25-18)13-5-3-8-21-10-13/h1-6,8,10H,7,9,11H2,(H,22,26)(H,23,24,25). The number of pyridine rings is 1. The van der Waals surface area contributed by atoms with Crippen LogP contribution in [0.2, 0.25) is 0 Å². The van der Waals surface area contributed by atoms with Gasteiger partial charge in [0.25, 0.3) is 5.91 Å². The average molecular weight is 349 g/mol. The van der Waals surface area contributed by atoms with E-state index < -0.39 is 0 Å². The molecule has 26 heavy (non-hydrogen) atoms. The van der Waals surface area contributed by atoms with Crippen LogP contribution in [0.4, 0.5) is 10.2 Å². The van der Waals surface area contributed by atoms with Gasteiger partial charge in [0.15, 0.2) is 5.82 Å². The molecule has 2 N–H and O–H groups in total. The zero-order chi connectivity index (χ0) is 17.9. The molecule has 0 saturated carbocycles. The van der Waals surface area contributed by atoms with Crippen LogP contribution >= 0.6 is 0 Å². The minimum Gasteiger partial charge on any atom is -0.366 e. The number of hydrogen-bond acceptors (Lipinski definition) is 5. The van der Waals surface area contributed by atoms with Gasteiger partial charge in [-0.3, -0.25) is 9.78 Å². The molecule has 2 aromatic heterocycles. The molecule has 0 spiro atoms. The number of amides is 1. The van der Waals surface area contributed by atoms with Crippen LogP contribution in [0.3, 0.4) is 0 Å². The van der Waals surface area contributed by atoms with Crippen LogP contribution in [0.25, 0.3) is 11.4 Å². The molecule has 6 nitrogen and oxygen atoms in total. The van der Waals surface area contributed by atoms with E-state index in [-0.39, 0.29) is 18.3 Å². The van der Waals surface area contributed by atoms with Crippen molar-refractivity contribution in [1.29, 1.82) is 0 Å². The second kappa shape index (κ2) is 6.87. The summed E-state index contributed by atoms with van der Waals surface area (Å²) in [4.78, 5) is 25.3. The van der Waals surface area contributed by atoms with Gasteiger partial charge in [-0.15, -0.1) is 0 Å². The van der Waals surface area contributed by atoms with Crippen LogP contribution in [-0.4, -0.2) is 27.4 Å². The molecule has 130 valence electrons. The SMILES string of the molecule is O=C1NCCc2c(NCc3ccccc3F)nc(-c3cccnc3)nc21. The highest BCUT2D eigenvalue weighted by molar-refractivity contribution is 5.96. The fourth-order valence-electron chi connectivity index (χ4n) is 2.88. The Balaban J connectivity index is 1.74. The van der Waals surface area contributed by atoms with E-state index in [1.807, 2.05) is 6.07 Å². The van der Waals surface area contributed by atoms with Gasteiger partial charge in [-0.1, -0.05) is 18.2 Å². The Morgan fingerprint density at radius 3 is 2.85 bits per heavy atom. The van der Waals surface area contributed by atoms with E-state index in [2.05, 4.69) is 25.6 Å². The first-order valence-corrected chi connectivity index (χ1v) is 8.29. The van der Waals surface area contributed by atoms with Crippen LogP contribution in [0.1, 0.15) is 21.6 Å². The molecule has 4 rings (SSSR count). The second-order valence-electron chi connectivity index (χ2n) is 5.92. The highest BCUT2D eigenvalue weighted by atomic mass is 19.1. The molecule has 1 aliphatic rings. The molecule has 0 bridgehead atoms. The van der Waals surface area contributed by atoms with E-state index in [0.717, 1.165) is 5.56 Å². The van der Waals surface area contributed by atoms with Gasteiger partial charge in [0.2, 0.25) is 0 Å². The maximum absolute atomic E-state index is 13.9. The normalized spacial score (nSPS) is 13.0. The minimum atomic E-state index is -0.284. The van der Waals surface area contributed by atoms with Crippen molar-refractivity contribution in [2.45, 2.75) is 13.0 Å². The number of nitrogens with one attached hydrogen (secondary N) is 2. The lowest BCUT2D eigenvalue weighted by atomic mass is 10.1. The maximum Gasteiger partial charge on any atom is 0.270 e. The first-order valence-electron chi connectivity index (χ1n) is 8.29. The Bertz CT molecular complexity index is 961. The lowest BCUT2D eigenvalue weighted by Crippen LogP contribution is -2.34. The number of rotatable bonds is 4. The van der Waals surface area contributed by atoms with E-state index in [1.54, 1.807) is 36.7 Å². The van der Waals surface area contributed by atoms with Crippen molar-refractivity contribution in [3.8, 4) is 11.4 Å². The molecule has 0 unspecified atom stereocenters. The Morgan fingerprint density at radius 1 is 1.15 bits per heavy atom. The molecule has 1 amide bonds. The molecule has 0 aliphatic carbocycles. The molecule has 1 aromatic carbocycles. The van der Waals surface area contributed by atoms with E-state index in [4.69, 9.17) is 0 Å². The van der Waals surface area contributed by atoms with E-state index in [0.29, 0.717) is 41.4 Å². The molecule has 3 aromatic rings. The van der Waals surface area contributed by atoms with Crippen molar-refractivity contribution in [2.75, 3.05) is 11.9 Å². The number of halogens is 1. The van der Waals surface area contributed by atoms with E-state index in [1.165, 1.54) is 6.07 Å². The molecule has 0 saturated heterocycles. The lowest BCUT2D eigenvalue weighted by molar-refractivity contribution is 0.0940. The highest BCUT2D eigenvalue weighted by Gasteiger charge is 2.24. The van der Waals surface area contributed by atoms with Gasteiger partial charge >= 0.3 is 0 Å². The van der Waals surface area contributed by atoms with E-state index in [9.17, 15) is 9.18 Å². The first kappa shape index (κ1) is 16.1. The van der Waals surface area contributed by atoms with Crippen LogP contribution in [-0.2, 0) is 13.0 Å². The third-order valence-corrected chi connectivity index (χ3v) is 4.21. The Labute approximate surface area is 149 Å². The Hall–Kier alpha value is -3.35. The summed E-state index contributed by atoms with van der Waals surface area (Å²) in [5.74, 6) is 0.442. The Morgan fingerprint density at radius 2 is 2.04 bits per heavy atom. The summed E-state index contributed by atoms with van der Waals surface area (Å²) in [5.41, 5.74) is 2.34. The van der Waals surface area contributed by atoms with Gasteiger partial charge in [-0.05, 0) is 24.6 Å². The number of nitrogens with zero attached hydrogens (tertiary/aromatic N) is 3. The molecule has 7 heteroatoms. The summed E-state index contributed by atoms with van der Waals surface area (Å²) in [6.45, 7) is 0.792. The summed E-state index contributed by atoms with van der Waals surface area (Å²) in [6, 6.07) is 10.2. The number of anilines is 1. The number of carbonyl (C=O) groups is 1. The maximum atomic E-state index is 13.9. The predicted molar refractivity (Wildman–Crippen MR) is 95.0 cm³/mol. The first-order chi connectivity index (χ1) is 12.7. The van der Waals surface area contributed by atoms with Crippen molar-refractivity contribution >= 4 is 11.7 Å². The topological polar surface area (TPSA) is 79.8 Å². The summed E-state index contributed by atoms with van der Waals surface area (Å²) in [6.07, 6.45) is 3.92. The van der Waals surface area contributed by atoms with Crippen molar-refractivity contribution in [3.05, 3.63) is 71.4 Å².